The van der Waals surface area contributed by atoms with Crippen molar-refractivity contribution < 1.29 is 14.3 Å². The molecule has 0 saturated heterocycles. The van der Waals surface area contributed by atoms with E-state index in [2.05, 4.69) is 20.8 Å². The molecular weight excluding hydrogens is 242 g/mol. The lowest BCUT2D eigenvalue weighted by atomic mass is 9.86. The molecule has 0 fully saturated rings. The van der Waals surface area contributed by atoms with Crippen LogP contribution in [0.4, 0.5) is 0 Å². The molecule has 0 spiro atoms. The lowest BCUT2D eigenvalue weighted by molar-refractivity contribution is -0.145. The second kappa shape index (κ2) is 6.57. The van der Waals surface area contributed by atoms with E-state index in [1.807, 2.05) is 24.3 Å². The minimum Gasteiger partial charge on any atom is -0.491 e. The molecule has 0 aliphatic rings. The van der Waals surface area contributed by atoms with E-state index in [9.17, 15) is 4.79 Å². The Morgan fingerprint density at radius 2 is 1.95 bits per heavy atom. The van der Waals surface area contributed by atoms with E-state index in [1.165, 1.54) is 0 Å². The molecule has 106 valence electrons. The maximum Gasteiger partial charge on any atom is 0.326 e. The first-order valence-corrected chi connectivity index (χ1v) is 6.50. The predicted molar refractivity (Wildman–Crippen MR) is 75.2 cm³/mol. The standard InChI is InChI=1S/C15H23NO3/c1-5-18-14(17)12(16)10-19-13-9-7-6-8-11(13)15(2,3)4/h6-9,12H,5,10,16H2,1-4H3. The van der Waals surface area contributed by atoms with E-state index < -0.39 is 12.0 Å². The average Bonchev–Trinajstić information content (AvgIpc) is 2.35. The van der Waals surface area contributed by atoms with E-state index in [0.717, 1.165) is 11.3 Å². The highest BCUT2D eigenvalue weighted by Gasteiger charge is 2.20. The molecule has 4 heteroatoms. The lowest BCUT2D eigenvalue weighted by Crippen LogP contribution is -2.38. The molecule has 0 aliphatic heterocycles. The summed E-state index contributed by atoms with van der Waals surface area (Å²) in [5.74, 6) is 0.325. The summed E-state index contributed by atoms with van der Waals surface area (Å²) in [5.41, 5.74) is 6.78. The fourth-order valence-electron chi connectivity index (χ4n) is 1.71. The molecule has 1 aromatic rings. The lowest BCUT2D eigenvalue weighted by Gasteiger charge is -2.23. The molecule has 4 nitrogen and oxygen atoms in total. The number of rotatable bonds is 5. The minimum absolute atomic E-state index is 0.0232. The summed E-state index contributed by atoms with van der Waals surface area (Å²) >= 11 is 0. The van der Waals surface area contributed by atoms with Crippen molar-refractivity contribution in [1.82, 2.24) is 0 Å². The summed E-state index contributed by atoms with van der Waals surface area (Å²) in [4.78, 5) is 11.4. The van der Waals surface area contributed by atoms with E-state index >= 15 is 0 Å². The topological polar surface area (TPSA) is 61.5 Å². The molecule has 0 amide bonds. The first-order valence-electron chi connectivity index (χ1n) is 6.50. The van der Waals surface area contributed by atoms with Crippen molar-refractivity contribution in [3.8, 4) is 5.75 Å². The van der Waals surface area contributed by atoms with Gasteiger partial charge in [0.25, 0.3) is 0 Å². The van der Waals surface area contributed by atoms with Crippen molar-refractivity contribution in [3.63, 3.8) is 0 Å². The van der Waals surface area contributed by atoms with Crippen LogP contribution in [0.5, 0.6) is 5.75 Å². The first kappa shape index (κ1) is 15.5. The zero-order chi connectivity index (χ0) is 14.5. The van der Waals surface area contributed by atoms with Gasteiger partial charge in [0.2, 0.25) is 0 Å². The molecular formula is C15H23NO3. The summed E-state index contributed by atoms with van der Waals surface area (Å²) in [6, 6.07) is 7.02. The molecule has 0 radical (unpaired) electrons. The normalized spacial score (nSPS) is 12.9. The quantitative estimate of drug-likeness (QED) is 0.829. The van der Waals surface area contributed by atoms with Gasteiger partial charge in [-0.05, 0) is 24.0 Å². The Morgan fingerprint density at radius 1 is 1.32 bits per heavy atom. The van der Waals surface area contributed by atoms with Crippen molar-refractivity contribution in [1.29, 1.82) is 0 Å². The van der Waals surface area contributed by atoms with Crippen LogP contribution in [0.3, 0.4) is 0 Å². The van der Waals surface area contributed by atoms with E-state index in [4.69, 9.17) is 15.2 Å². The molecule has 0 aliphatic carbocycles. The monoisotopic (exact) mass is 265 g/mol. The van der Waals surface area contributed by atoms with Gasteiger partial charge in [-0.25, -0.2) is 0 Å². The Hall–Kier alpha value is -1.55. The van der Waals surface area contributed by atoms with Crippen LogP contribution in [0.2, 0.25) is 0 Å². The number of hydrogen-bond acceptors (Lipinski definition) is 4. The molecule has 19 heavy (non-hydrogen) atoms. The second-order valence-electron chi connectivity index (χ2n) is 5.42. The van der Waals surface area contributed by atoms with Gasteiger partial charge in [-0.1, -0.05) is 39.0 Å². The van der Waals surface area contributed by atoms with Crippen LogP contribution >= 0.6 is 0 Å². The van der Waals surface area contributed by atoms with E-state index in [0.29, 0.717) is 6.61 Å². The number of benzene rings is 1. The highest BCUT2D eigenvalue weighted by atomic mass is 16.5. The summed E-state index contributed by atoms with van der Waals surface area (Å²) in [5, 5.41) is 0. The van der Waals surface area contributed by atoms with Gasteiger partial charge in [0.1, 0.15) is 18.4 Å². The van der Waals surface area contributed by atoms with Crippen molar-refractivity contribution >= 4 is 5.97 Å². The first-order chi connectivity index (χ1) is 8.86. The van der Waals surface area contributed by atoms with Crippen LogP contribution in [-0.4, -0.2) is 25.2 Å². The Balaban J connectivity index is 2.71. The van der Waals surface area contributed by atoms with Gasteiger partial charge in [0.15, 0.2) is 0 Å². The van der Waals surface area contributed by atoms with Gasteiger partial charge in [0.05, 0.1) is 6.61 Å². The van der Waals surface area contributed by atoms with Crippen LogP contribution in [-0.2, 0) is 14.9 Å². The summed E-state index contributed by atoms with van der Waals surface area (Å²) in [6.07, 6.45) is 0. The Labute approximate surface area is 114 Å². The van der Waals surface area contributed by atoms with Gasteiger partial charge < -0.3 is 15.2 Å². The molecule has 1 aromatic carbocycles. The molecule has 1 atom stereocenters. The Morgan fingerprint density at radius 3 is 2.53 bits per heavy atom. The Kier molecular flexibility index (Phi) is 5.36. The second-order valence-corrected chi connectivity index (χ2v) is 5.42. The molecule has 2 N–H and O–H groups in total. The molecule has 1 unspecified atom stereocenters. The van der Waals surface area contributed by atoms with E-state index in [-0.39, 0.29) is 12.0 Å². The largest absolute Gasteiger partial charge is 0.491 e. The molecule has 0 aromatic heterocycles. The van der Waals surface area contributed by atoms with Gasteiger partial charge in [-0.2, -0.15) is 0 Å². The Bertz CT molecular complexity index is 424. The third-order valence-electron chi connectivity index (χ3n) is 2.70. The highest BCUT2D eigenvalue weighted by molar-refractivity contribution is 5.75. The minimum atomic E-state index is -0.757. The predicted octanol–water partition coefficient (Wildman–Crippen LogP) is 2.25. The van der Waals surface area contributed by atoms with Crippen molar-refractivity contribution in [2.45, 2.75) is 39.2 Å². The number of carbonyl (C=O) groups excluding carboxylic acids is 1. The zero-order valence-corrected chi connectivity index (χ0v) is 12.1. The number of esters is 1. The number of nitrogens with two attached hydrogens (primary N) is 1. The summed E-state index contributed by atoms with van der Waals surface area (Å²) in [7, 11) is 0. The van der Waals surface area contributed by atoms with Crippen molar-refractivity contribution in [2.75, 3.05) is 13.2 Å². The van der Waals surface area contributed by atoms with Crippen LogP contribution in [0, 0.1) is 0 Å². The van der Waals surface area contributed by atoms with Crippen molar-refractivity contribution in [3.05, 3.63) is 29.8 Å². The maximum atomic E-state index is 11.4. The van der Waals surface area contributed by atoms with Gasteiger partial charge in [0, 0.05) is 0 Å². The summed E-state index contributed by atoms with van der Waals surface area (Å²) < 4.78 is 10.5. The maximum absolute atomic E-state index is 11.4. The van der Waals surface area contributed by atoms with Crippen molar-refractivity contribution in [2.24, 2.45) is 5.73 Å². The van der Waals surface area contributed by atoms with Crippen LogP contribution in [0.1, 0.15) is 33.3 Å². The average molecular weight is 265 g/mol. The molecule has 0 saturated carbocycles. The van der Waals surface area contributed by atoms with Gasteiger partial charge in [-0.3, -0.25) is 4.79 Å². The van der Waals surface area contributed by atoms with Gasteiger partial charge in [-0.15, -0.1) is 0 Å². The third-order valence-corrected chi connectivity index (χ3v) is 2.70. The van der Waals surface area contributed by atoms with E-state index in [1.54, 1.807) is 6.92 Å². The number of hydrogen-bond donors (Lipinski definition) is 1. The fourth-order valence-corrected chi connectivity index (χ4v) is 1.71. The zero-order valence-electron chi connectivity index (χ0n) is 12.1. The molecule has 1 rings (SSSR count). The van der Waals surface area contributed by atoms with Gasteiger partial charge >= 0.3 is 5.97 Å². The third kappa shape index (κ3) is 4.56. The van der Waals surface area contributed by atoms with Crippen LogP contribution < -0.4 is 10.5 Å². The fraction of sp³-hybridized carbons (Fsp3) is 0.533. The summed E-state index contributed by atoms with van der Waals surface area (Å²) in [6.45, 7) is 8.53. The SMILES string of the molecule is CCOC(=O)C(N)COc1ccccc1C(C)(C)C. The molecule has 0 heterocycles. The van der Waals surface area contributed by atoms with Crippen LogP contribution in [0.25, 0.3) is 0 Å². The molecule has 0 bridgehead atoms. The number of para-hydroxylation sites is 1. The smallest absolute Gasteiger partial charge is 0.326 e. The number of carbonyl (C=O) groups is 1. The highest BCUT2D eigenvalue weighted by Crippen LogP contribution is 2.30. The van der Waals surface area contributed by atoms with Crippen LogP contribution in [0.15, 0.2) is 24.3 Å². The number of ether oxygens (including phenoxy) is 2.